The van der Waals surface area contributed by atoms with Gasteiger partial charge in [0.2, 0.25) is 0 Å². The van der Waals surface area contributed by atoms with Gasteiger partial charge in [0.1, 0.15) is 0 Å². The van der Waals surface area contributed by atoms with E-state index >= 15 is 0 Å². The Labute approximate surface area is 204 Å². The van der Waals surface area contributed by atoms with Gasteiger partial charge >= 0.3 is 12.1 Å². The Balaban J connectivity index is 0.000000364. The van der Waals surface area contributed by atoms with E-state index in [0.717, 1.165) is 48.8 Å². The van der Waals surface area contributed by atoms with E-state index in [1.807, 2.05) is 28.5 Å². The number of anilines is 1. The number of carboxylic acid groups (broad SMARTS) is 1. The van der Waals surface area contributed by atoms with Gasteiger partial charge in [0.05, 0.1) is 16.8 Å². The second-order valence-electron chi connectivity index (χ2n) is 8.66. The summed E-state index contributed by atoms with van der Waals surface area (Å²) < 4.78 is 33.6. The van der Waals surface area contributed by atoms with Gasteiger partial charge in [-0.05, 0) is 56.9 Å². The molecular formula is C23H26F3N5O3S. The fourth-order valence-electron chi connectivity index (χ4n) is 4.30. The molecule has 2 aliphatic heterocycles. The number of carboxylic acids is 1. The molecule has 3 aromatic rings. The van der Waals surface area contributed by atoms with Gasteiger partial charge in [-0.25, -0.2) is 14.3 Å². The van der Waals surface area contributed by atoms with Crippen molar-refractivity contribution in [1.29, 1.82) is 0 Å². The first-order chi connectivity index (χ1) is 16.6. The first kappa shape index (κ1) is 25.0. The quantitative estimate of drug-likeness (QED) is 0.565. The summed E-state index contributed by atoms with van der Waals surface area (Å²) in [6, 6.07) is 8.16. The van der Waals surface area contributed by atoms with Crippen LogP contribution in [0.4, 0.5) is 18.9 Å². The van der Waals surface area contributed by atoms with Crippen LogP contribution in [0.15, 0.2) is 30.5 Å². The molecule has 5 heterocycles. The lowest BCUT2D eigenvalue weighted by Gasteiger charge is -2.31. The number of aliphatic carboxylic acids is 1. The minimum absolute atomic E-state index is 0.142. The SMILES string of the molecule is Cc1ccc(C(=O)N2CCCC(c3nc4ccc(N5CCCC5)cn4n3)C2)s1.O=C(O)C(F)(F)F. The summed E-state index contributed by atoms with van der Waals surface area (Å²) in [6.07, 6.45) is 1.56. The average Bonchev–Trinajstić information content (AvgIpc) is 3.58. The van der Waals surface area contributed by atoms with E-state index in [-0.39, 0.29) is 11.8 Å². The molecule has 0 saturated carbocycles. The molecule has 1 unspecified atom stereocenters. The predicted molar refractivity (Wildman–Crippen MR) is 125 cm³/mol. The Morgan fingerprint density at radius 1 is 1.09 bits per heavy atom. The zero-order valence-corrected chi connectivity index (χ0v) is 20.0. The van der Waals surface area contributed by atoms with Crippen LogP contribution in [0.3, 0.4) is 0 Å². The highest BCUT2D eigenvalue weighted by molar-refractivity contribution is 7.13. The summed E-state index contributed by atoms with van der Waals surface area (Å²) in [4.78, 5) is 32.9. The van der Waals surface area contributed by atoms with Crippen molar-refractivity contribution in [2.45, 2.75) is 44.7 Å². The molecule has 3 aromatic heterocycles. The number of halogens is 3. The topological polar surface area (TPSA) is 91.0 Å². The monoisotopic (exact) mass is 509 g/mol. The third-order valence-electron chi connectivity index (χ3n) is 6.07. The maximum atomic E-state index is 12.8. The van der Waals surface area contributed by atoms with Gasteiger partial charge in [0, 0.05) is 37.0 Å². The zero-order valence-electron chi connectivity index (χ0n) is 19.2. The third-order valence-corrected chi connectivity index (χ3v) is 7.06. The number of hydrogen-bond donors (Lipinski definition) is 1. The van der Waals surface area contributed by atoms with E-state index < -0.39 is 12.1 Å². The van der Waals surface area contributed by atoms with Crippen LogP contribution >= 0.6 is 11.3 Å². The van der Waals surface area contributed by atoms with Crippen LogP contribution in [0, 0.1) is 6.92 Å². The first-order valence-corrected chi connectivity index (χ1v) is 12.2. The number of hydrogen-bond acceptors (Lipinski definition) is 6. The molecule has 1 atom stereocenters. The van der Waals surface area contributed by atoms with Gasteiger partial charge < -0.3 is 14.9 Å². The van der Waals surface area contributed by atoms with Crippen molar-refractivity contribution in [3.8, 4) is 0 Å². The molecule has 2 saturated heterocycles. The van der Waals surface area contributed by atoms with E-state index in [0.29, 0.717) is 6.54 Å². The van der Waals surface area contributed by atoms with Gasteiger partial charge in [0.25, 0.3) is 5.91 Å². The normalized spacial score (nSPS) is 18.5. The van der Waals surface area contributed by atoms with Crippen LogP contribution in [0.2, 0.25) is 0 Å². The first-order valence-electron chi connectivity index (χ1n) is 11.4. The Hall–Kier alpha value is -3.15. The summed E-state index contributed by atoms with van der Waals surface area (Å²) >= 11 is 1.57. The minimum Gasteiger partial charge on any atom is -0.475 e. The zero-order chi connectivity index (χ0) is 25.2. The molecular weight excluding hydrogens is 483 g/mol. The summed E-state index contributed by atoms with van der Waals surface area (Å²) in [6.45, 7) is 5.80. The molecule has 0 spiro atoms. The van der Waals surface area contributed by atoms with Crippen molar-refractivity contribution < 1.29 is 27.9 Å². The van der Waals surface area contributed by atoms with Crippen molar-refractivity contribution in [3.63, 3.8) is 0 Å². The van der Waals surface area contributed by atoms with Crippen LogP contribution < -0.4 is 4.90 Å². The highest BCUT2D eigenvalue weighted by Crippen LogP contribution is 2.28. The summed E-state index contributed by atoms with van der Waals surface area (Å²) in [5.74, 6) is -1.55. The van der Waals surface area contributed by atoms with Gasteiger partial charge in [0.15, 0.2) is 11.5 Å². The van der Waals surface area contributed by atoms with Gasteiger partial charge in [-0.3, -0.25) is 4.79 Å². The minimum atomic E-state index is -5.08. The number of alkyl halides is 3. The molecule has 8 nitrogen and oxygen atoms in total. The second-order valence-corrected chi connectivity index (χ2v) is 9.95. The molecule has 0 bridgehead atoms. The molecule has 35 heavy (non-hydrogen) atoms. The molecule has 5 rings (SSSR count). The lowest BCUT2D eigenvalue weighted by atomic mass is 9.97. The van der Waals surface area contributed by atoms with Gasteiger partial charge in [-0.1, -0.05) is 0 Å². The van der Waals surface area contributed by atoms with Crippen LogP contribution in [0.5, 0.6) is 0 Å². The maximum absolute atomic E-state index is 12.8. The number of thiophene rings is 1. The second kappa shape index (κ2) is 10.2. The van der Waals surface area contributed by atoms with Crippen LogP contribution in [-0.2, 0) is 4.79 Å². The number of aromatic nitrogens is 3. The number of likely N-dealkylation sites (tertiary alicyclic amines) is 1. The van der Waals surface area contributed by atoms with E-state index in [4.69, 9.17) is 20.0 Å². The molecule has 0 radical (unpaired) electrons. The number of fused-ring (bicyclic) bond motifs is 1. The van der Waals surface area contributed by atoms with Gasteiger partial charge in [-0.2, -0.15) is 18.3 Å². The Morgan fingerprint density at radius 3 is 2.43 bits per heavy atom. The van der Waals surface area contributed by atoms with Crippen molar-refractivity contribution in [2.75, 3.05) is 31.1 Å². The Morgan fingerprint density at radius 2 is 1.80 bits per heavy atom. The molecule has 1 amide bonds. The molecule has 188 valence electrons. The number of carbonyl (C=O) groups excluding carboxylic acids is 1. The van der Waals surface area contributed by atoms with E-state index in [1.54, 1.807) is 11.3 Å². The lowest BCUT2D eigenvalue weighted by molar-refractivity contribution is -0.192. The molecule has 0 aliphatic carbocycles. The van der Waals surface area contributed by atoms with Crippen LogP contribution in [-0.4, -0.2) is 68.8 Å². The average molecular weight is 510 g/mol. The number of amides is 1. The number of piperidine rings is 1. The molecule has 1 N–H and O–H groups in total. The number of rotatable bonds is 3. The molecule has 12 heteroatoms. The Kier molecular flexibility index (Phi) is 7.29. The highest BCUT2D eigenvalue weighted by Gasteiger charge is 2.38. The molecule has 2 aliphatic rings. The molecule has 2 fully saturated rings. The number of pyridine rings is 1. The van der Waals surface area contributed by atoms with E-state index in [9.17, 15) is 18.0 Å². The predicted octanol–water partition coefficient (Wildman–Crippen LogP) is 4.35. The summed E-state index contributed by atoms with van der Waals surface area (Å²) in [7, 11) is 0. The van der Waals surface area contributed by atoms with Crippen molar-refractivity contribution >= 4 is 34.5 Å². The fourth-order valence-corrected chi connectivity index (χ4v) is 5.14. The van der Waals surface area contributed by atoms with Gasteiger partial charge in [-0.15, -0.1) is 11.3 Å². The standard InChI is InChI=1S/C21H25N5OS.C2HF3O2/c1-15-6-8-18(28-15)21(27)25-12-4-5-16(13-25)20-22-19-9-7-17(14-26(19)23-20)24-10-2-3-11-24;3-2(4,5)1(6)7/h6-9,14,16H,2-5,10-13H2,1H3;(H,6,7). The van der Waals surface area contributed by atoms with E-state index in [2.05, 4.69) is 23.2 Å². The smallest absolute Gasteiger partial charge is 0.475 e. The van der Waals surface area contributed by atoms with Crippen molar-refractivity contribution in [2.24, 2.45) is 0 Å². The fraction of sp³-hybridized carbons (Fsp3) is 0.478. The summed E-state index contributed by atoms with van der Waals surface area (Å²) in [5.41, 5.74) is 2.10. The van der Waals surface area contributed by atoms with Crippen LogP contribution in [0.25, 0.3) is 5.65 Å². The van der Waals surface area contributed by atoms with Crippen LogP contribution in [0.1, 0.15) is 52.0 Å². The van der Waals surface area contributed by atoms with E-state index in [1.165, 1.54) is 23.4 Å². The maximum Gasteiger partial charge on any atom is 0.490 e. The third kappa shape index (κ3) is 5.92. The van der Waals surface area contributed by atoms with Crippen molar-refractivity contribution in [3.05, 3.63) is 46.0 Å². The Bertz CT molecular complexity index is 1200. The highest BCUT2D eigenvalue weighted by atomic mass is 32.1. The largest absolute Gasteiger partial charge is 0.490 e. The number of aryl methyl sites for hydroxylation is 1. The van der Waals surface area contributed by atoms with Crippen molar-refractivity contribution in [1.82, 2.24) is 19.5 Å². The number of nitrogens with zero attached hydrogens (tertiary/aromatic N) is 5. The number of carbonyl (C=O) groups is 2. The summed E-state index contributed by atoms with van der Waals surface area (Å²) in [5, 5.41) is 11.9. The lowest BCUT2D eigenvalue weighted by Crippen LogP contribution is -2.39. The molecule has 0 aromatic carbocycles.